The summed E-state index contributed by atoms with van der Waals surface area (Å²) in [6, 6.07) is 5.61. The number of piperidine rings is 1. The van der Waals surface area contributed by atoms with Crippen molar-refractivity contribution in [1.29, 1.82) is 0 Å². The molecule has 0 amide bonds. The van der Waals surface area contributed by atoms with Crippen LogP contribution in [-0.2, 0) is 6.54 Å². The Kier molecular flexibility index (Phi) is 5.14. The van der Waals surface area contributed by atoms with Gasteiger partial charge in [0.05, 0.1) is 5.56 Å². The van der Waals surface area contributed by atoms with Crippen LogP contribution in [0, 0.1) is 5.82 Å². The summed E-state index contributed by atoms with van der Waals surface area (Å²) in [4.78, 5) is 4.49. The van der Waals surface area contributed by atoms with Gasteiger partial charge < -0.3 is 15.8 Å². The number of oxime groups is 1. The first kappa shape index (κ1) is 15.7. The minimum atomic E-state index is -0.400. The topological polar surface area (TPSA) is 65.1 Å². The predicted octanol–water partition coefficient (Wildman–Crippen LogP) is 1.45. The van der Waals surface area contributed by atoms with Gasteiger partial charge in [-0.25, -0.2) is 4.39 Å². The minimum absolute atomic E-state index is 0.151. The molecule has 2 rings (SSSR count). The third kappa shape index (κ3) is 3.71. The van der Waals surface area contributed by atoms with Crippen molar-refractivity contribution in [3.8, 4) is 0 Å². The van der Waals surface area contributed by atoms with Gasteiger partial charge in [0.15, 0.2) is 5.84 Å². The summed E-state index contributed by atoms with van der Waals surface area (Å²) in [5, 5.41) is 11.6. The maximum absolute atomic E-state index is 14.4. The van der Waals surface area contributed by atoms with E-state index in [0.717, 1.165) is 25.9 Å². The van der Waals surface area contributed by atoms with Gasteiger partial charge in [-0.2, -0.15) is 0 Å². The summed E-state index contributed by atoms with van der Waals surface area (Å²) in [6.45, 7) is 2.46. The molecule has 3 N–H and O–H groups in total. The average molecular weight is 294 g/mol. The molecule has 1 aliphatic heterocycles. The van der Waals surface area contributed by atoms with Gasteiger partial charge in [0.1, 0.15) is 5.82 Å². The lowest BCUT2D eigenvalue weighted by Crippen LogP contribution is -2.41. The number of halogens is 1. The predicted molar refractivity (Wildman–Crippen MR) is 80.9 cm³/mol. The van der Waals surface area contributed by atoms with Crippen LogP contribution in [0.2, 0.25) is 0 Å². The highest BCUT2D eigenvalue weighted by molar-refractivity contribution is 5.97. The first-order valence-corrected chi connectivity index (χ1v) is 7.17. The average Bonchev–Trinajstić information content (AvgIpc) is 2.49. The molecule has 21 heavy (non-hydrogen) atoms. The summed E-state index contributed by atoms with van der Waals surface area (Å²) in [5.74, 6) is -0.594. The molecule has 0 unspecified atom stereocenters. The molecule has 0 atom stereocenters. The molecule has 5 nitrogen and oxygen atoms in total. The van der Waals surface area contributed by atoms with Crippen molar-refractivity contribution in [2.45, 2.75) is 25.4 Å². The van der Waals surface area contributed by atoms with E-state index >= 15 is 0 Å². The second-order valence-electron chi connectivity index (χ2n) is 5.73. The fraction of sp³-hybridized carbons (Fsp3) is 0.533. The molecular weight excluding hydrogens is 271 g/mol. The first-order valence-electron chi connectivity index (χ1n) is 7.17. The third-order valence-electron chi connectivity index (χ3n) is 4.14. The first-order chi connectivity index (χ1) is 10.0. The Labute approximate surface area is 124 Å². The van der Waals surface area contributed by atoms with Crippen LogP contribution < -0.4 is 5.73 Å². The second kappa shape index (κ2) is 6.87. The molecule has 0 spiro atoms. The number of hydrogen-bond acceptors (Lipinski definition) is 4. The van der Waals surface area contributed by atoms with Crippen LogP contribution in [-0.4, -0.2) is 54.1 Å². The van der Waals surface area contributed by atoms with E-state index in [4.69, 9.17) is 10.9 Å². The smallest absolute Gasteiger partial charge is 0.173 e. The van der Waals surface area contributed by atoms with E-state index < -0.39 is 5.82 Å². The van der Waals surface area contributed by atoms with Crippen molar-refractivity contribution in [2.24, 2.45) is 10.9 Å². The van der Waals surface area contributed by atoms with Crippen molar-refractivity contribution in [2.75, 3.05) is 27.2 Å². The summed E-state index contributed by atoms with van der Waals surface area (Å²) in [6.07, 6.45) is 2.18. The monoisotopic (exact) mass is 294 g/mol. The van der Waals surface area contributed by atoms with Crippen LogP contribution in [0.3, 0.4) is 0 Å². The molecule has 1 heterocycles. The molecule has 6 heteroatoms. The van der Waals surface area contributed by atoms with Crippen LogP contribution in [0.4, 0.5) is 4.39 Å². The van der Waals surface area contributed by atoms with Crippen LogP contribution in [0.5, 0.6) is 0 Å². The normalized spacial score (nSPS) is 18.4. The van der Waals surface area contributed by atoms with E-state index in [-0.39, 0.29) is 11.4 Å². The lowest BCUT2D eigenvalue weighted by Gasteiger charge is -2.35. The van der Waals surface area contributed by atoms with Crippen LogP contribution in [0.1, 0.15) is 24.0 Å². The van der Waals surface area contributed by atoms with E-state index in [2.05, 4.69) is 29.1 Å². The molecule has 0 aromatic heterocycles. The molecule has 0 saturated carbocycles. The fourth-order valence-electron chi connectivity index (χ4n) is 2.79. The SMILES string of the molecule is CN(C)C1CCN(Cc2cccc(/C(N)=N/O)c2F)CC1. The van der Waals surface area contributed by atoms with Crippen LogP contribution in [0.15, 0.2) is 23.4 Å². The third-order valence-corrected chi connectivity index (χ3v) is 4.14. The highest BCUT2D eigenvalue weighted by Crippen LogP contribution is 2.19. The summed E-state index contributed by atoms with van der Waals surface area (Å²) >= 11 is 0. The molecule has 116 valence electrons. The van der Waals surface area contributed by atoms with Gasteiger partial charge in [-0.15, -0.1) is 0 Å². The van der Waals surface area contributed by atoms with Gasteiger partial charge in [-0.1, -0.05) is 17.3 Å². The van der Waals surface area contributed by atoms with Gasteiger partial charge in [0, 0.05) is 18.2 Å². The van der Waals surface area contributed by atoms with Crippen molar-refractivity contribution >= 4 is 5.84 Å². The Morgan fingerprint density at radius 2 is 2.10 bits per heavy atom. The number of amidine groups is 1. The molecule has 1 aromatic rings. The van der Waals surface area contributed by atoms with Crippen molar-refractivity contribution < 1.29 is 9.60 Å². The zero-order valence-electron chi connectivity index (χ0n) is 12.6. The molecule has 1 aromatic carbocycles. The largest absolute Gasteiger partial charge is 0.409 e. The van der Waals surface area contributed by atoms with Gasteiger partial charge in [0.25, 0.3) is 0 Å². The molecule has 1 aliphatic rings. The van der Waals surface area contributed by atoms with Gasteiger partial charge in [0.2, 0.25) is 0 Å². The Morgan fingerprint density at radius 1 is 1.43 bits per heavy atom. The van der Waals surface area contributed by atoms with Gasteiger partial charge >= 0.3 is 0 Å². The number of rotatable bonds is 4. The van der Waals surface area contributed by atoms with Crippen LogP contribution >= 0.6 is 0 Å². The quantitative estimate of drug-likeness (QED) is 0.382. The van der Waals surface area contributed by atoms with E-state index in [1.807, 2.05) is 0 Å². The second-order valence-corrected chi connectivity index (χ2v) is 5.73. The van der Waals surface area contributed by atoms with Crippen LogP contribution in [0.25, 0.3) is 0 Å². The maximum atomic E-state index is 14.4. The summed E-state index contributed by atoms with van der Waals surface area (Å²) in [5.41, 5.74) is 6.23. The zero-order chi connectivity index (χ0) is 15.4. The Morgan fingerprint density at radius 3 is 2.67 bits per heavy atom. The van der Waals surface area contributed by atoms with Crippen molar-refractivity contribution in [1.82, 2.24) is 9.80 Å². The number of nitrogens with two attached hydrogens (primary N) is 1. The highest BCUT2D eigenvalue weighted by Gasteiger charge is 2.22. The Balaban J connectivity index is 2.04. The number of likely N-dealkylation sites (tertiary alicyclic amines) is 1. The molecular formula is C15H23FN4O. The molecule has 0 radical (unpaired) electrons. The van der Waals surface area contributed by atoms with E-state index in [9.17, 15) is 4.39 Å². The Bertz CT molecular complexity index is 510. The number of nitrogens with zero attached hydrogens (tertiary/aromatic N) is 3. The van der Waals surface area contributed by atoms with Gasteiger partial charge in [-0.05, 0) is 46.1 Å². The van der Waals surface area contributed by atoms with E-state index in [1.54, 1.807) is 12.1 Å². The van der Waals surface area contributed by atoms with Crippen molar-refractivity contribution in [3.05, 3.63) is 35.1 Å². The minimum Gasteiger partial charge on any atom is -0.409 e. The summed E-state index contributed by atoms with van der Waals surface area (Å²) in [7, 11) is 4.20. The standard InChI is InChI=1S/C15H23FN4O/c1-19(2)12-6-8-20(9-7-12)10-11-4-3-5-13(14(11)16)15(17)18-21/h3-5,12,21H,6-10H2,1-2H3,(H2,17,18). The molecule has 1 fully saturated rings. The Hall–Kier alpha value is -1.66. The molecule has 0 bridgehead atoms. The fourth-order valence-corrected chi connectivity index (χ4v) is 2.79. The number of hydrogen-bond donors (Lipinski definition) is 2. The lowest BCUT2D eigenvalue weighted by atomic mass is 10.0. The van der Waals surface area contributed by atoms with Gasteiger partial charge in [-0.3, -0.25) is 4.90 Å². The molecule has 1 saturated heterocycles. The maximum Gasteiger partial charge on any atom is 0.173 e. The lowest BCUT2D eigenvalue weighted by molar-refractivity contribution is 0.139. The number of benzene rings is 1. The van der Waals surface area contributed by atoms with E-state index in [0.29, 0.717) is 18.2 Å². The summed E-state index contributed by atoms with van der Waals surface area (Å²) < 4.78 is 14.4. The zero-order valence-corrected chi connectivity index (χ0v) is 12.6. The van der Waals surface area contributed by atoms with E-state index in [1.165, 1.54) is 6.07 Å². The van der Waals surface area contributed by atoms with Crippen molar-refractivity contribution in [3.63, 3.8) is 0 Å². The molecule has 0 aliphatic carbocycles. The highest BCUT2D eigenvalue weighted by atomic mass is 19.1.